The quantitative estimate of drug-likeness (QED) is 0.543. The maximum atomic E-state index is 13.0. The van der Waals surface area contributed by atoms with Crippen LogP contribution in [0.4, 0.5) is 5.69 Å². The van der Waals surface area contributed by atoms with Crippen molar-refractivity contribution in [1.29, 1.82) is 0 Å². The van der Waals surface area contributed by atoms with Gasteiger partial charge in [0.1, 0.15) is 5.82 Å². The lowest BCUT2D eigenvalue weighted by Gasteiger charge is -2.27. The van der Waals surface area contributed by atoms with Crippen LogP contribution in [0.3, 0.4) is 0 Å². The molecule has 7 nitrogen and oxygen atoms in total. The lowest BCUT2D eigenvalue weighted by atomic mass is 10.1. The number of aryl methyl sites for hydroxylation is 3. The maximum Gasteiger partial charge on any atom is 0.255 e. The molecule has 0 spiro atoms. The van der Waals surface area contributed by atoms with E-state index in [0.29, 0.717) is 16.4 Å². The van der Waals surface area contributed by atoms with Crippen molar-refractivity contribution >= 4 is 29.3 Å². The van der Waals surface area contributed by atoms with Crippen molar-refractivity contribution < 1.29 is 9.59 Å². The number of hydrogen-bond donors (Lipinski definition) is 1. The number of nitrogens with zero attached hydrogens (tertiary/aromatic N) is 4. The molecule has 1 aliphatic rings. The van der Waals surface area contributed by atoms with Gasteiger partial charge in [-0.25, -0.2) is 0 Å². The number of rotatable bonds is 6. The molecule has 0 aliphatic carbocycles. The summed E-state index contributed by atoms with van der Waals surface area (Å²) in [5.74, 6) is 0.717. The number of nitrogens with one attached hydrogen (secondary N) is 1. The fraction of sp³-hybridized carbons (Fsp3) is 0.360. The van der Waals surface area contributed by atoms with Crippen molar-refractivity contribution in [1.82, 2.24) is 19.7 Å². The molecule has 0 radical (unpaired) electrons. The van der Waals surface area contributed by atoms with Gasteiger partial charge in [0.05, 0.1) is 22.7 Å². The number of likely N-dealkylation sites (tertiary alicyclic amines) is 1. The third kappa shape index (κ3) is 5.27. The molecule has 0 bridgehead atoms. The average molecular weight is 464 g/mol. The van der Waals surface area contributed by atoms with Crippen LogP contribution >= 0.6 is 11.8 Å². The van der Waals surface area contributed by atoms with Gasteiger partial charge in [0, 0.05) is 13.1 Å². The number of anilines is 1. The molecule has 3 aromatic rings. The summed E-state index contributed by atoms with van der Waals surface area (Å²) in [6.07, 6.45) is 3.21. The van der Waals surface area contributed by atoms with Crippen LogP contribution in [-0.4, -0.2) is 50.3 Å². The molecule has 172 valence electrons. The molecule has 1 fully saturated rings. The molecule has 1 N–H and O–H groups in total. The molecule has 1 saturated heterocycles. The minimum atomic E-state index is -0.188. The van der Waals surface area contributed by atoms with Crippen LogP contribution in [0, 0.1) is 20.8 Å². The second-order valence-corrected chi connectivity index (χ2v) is 9.33. The summed E-state index contributed by atoms with van der Waals surface area (Å²) in [7, 11) is 0. The number of carbonyl (C=O) groups excluding carboxylic acids is 2. The number of aromatic nitrogens is 3. The minimum Gasteiger partial charge on any atom is -0.339 e. The number of amides is 2. The zero-order valence-corrected chi connectivity index (χ0v) is 20.1. The van der Waals surface area contributed by atoms with Crippen LogP contribution in [0.25, 0.3) is 5.69 Å². The zero-order valence-electron chi connectivity index (χ0n) is 19.3. The van der Waals surface area contributed by atoms with Crippen molar-refractivity contribution in [2.45, 2.75) is 45.2 Å². The first-order chi connectivity index (χ1) is 15.9. The first kappa shape index (κ1) is 23.0. The molecule has 4 rings (SSSR count). The van der Waals surface area contributed by atoms with Gasteiger partial charge in [0.25, 0.3) is 5.91 Å². The number of piperidine rings is 1. The number of carbonyl (C=O) groups is 2. The topological polar surface area (TPSA) is 80.1 Å². The second-order valence-electron chi connectivity index (χ2n) is 8.39. The highest BCUT2D eigenvalue weighted by atomic mass is 32.2. The van der Waals surface area contributed by atoms with E-state index in [0.717, 1.165) is 55.0 Å². The average Bonchev–Trinajstić information content (AvgIpc) is 3.20. The van der Waals surface area contributed by atoms with Gasteiger partial charge in [-0.1, -0.05) is 36.0 Å². The molecule has 8 heteroatoms. The highest BCUT2D eigenvalue weighted by Gasteiger charge is 2.22. The Morgan fingerprint density at radius 1 is 1.00 bits per heavy atom. The van der Waals surface area contributed by atoms with Crippen LogP contribution in [0.1, 0.15) is 46.6 Å². The van der Waals surface area contributed by atoms with Gasteiger partial charge in [-0.05, 0) is 69.4 Å². The number of thioether (sulfide) groups is 1. The van der Waals surface area contributed by atoms with Crippen molar-refractivity contribution in [3.05, 3.63) is 65.0 Å². The van der Waals surface area contributed by atoms with Crippen LogP contribution in [0.2, 0.25) is 0 Å². The SMILES string of the molecule is Cc1ccc(C)c(-n2c(C)nnc2SCC(=O)Nc2ccccc2C(=O)N2CCCCC2)c1. The smallest absolute Gasteiger partial charge is 0.255 e. The molecule has 33 heavy (non-hydrogen) atoms. The minimum absolute atomic E-state index is 0.0245. The second kappa shape index (κ2) is 10.2. The largest absolute Gasteiger partial charge is 0.339 e. The molecule has 0 unspecified atom stereocenters. The molecule has 0 atom stereocenters. The molecular weight excluding hydrogens is 434 g/mol. The lowest BCUT2D eigenvalue weighted by Crippen LogP contribution is -2.36. The fourth-order valence-electron chi connectivity index (χ4n) is 4.04. The van der Waals surface area contributed by atoms with E-state index >= 15 is 0 Å². The van der Waals surface area contributed by atoms with Crippen LogP contribution in [0.5, 0.6) is 0 Å². The molecule has 1 aliphatic heterocycles. The summed E-state index contributed by atoms with van der Waals surface area (Å²) in [5, 5.41) is 12.1. The van der Waals surface area contributed by atoms with E-state index in [1.807, 2.05) is 42.4 Å². The Hall–Kier alpha value is -3.13. The van der Waals surface area contributed by atoms with Crippen LogP contribution < -0.4 is 5.32 Å². The highest BCUT2D eigenvalue weighted by Crippen LogP contribution is 2.26. The predicted octanol–water partition coefficient (Wildman–Crippen LogP) is 4.55. The summed E-state index contributed by atoms with van der Waals surface area (Å²) in [6.45, 7) is 7.53. The molecular formula is C25H29N5O2S. The molecule has 2 heterocycles. The van der Waals surface area contributed by atoms with Gasteiger partial charge in [0.15, 0.2) is 5.16 Å². The van der Waals surface area contributed by atoms with Gasteiger partial charge in [-0.2, -0.15) is 0 Å². The maximum absolute atomic E-state index is 13.0. The standard InChI is InChI=1S/C25H29N5O2S/c1-17-11-12-18(2)22(15-17)30-19(3)27-28-25(30)33-16-23(31)26-21-10-6-5-9-20(21)24(32)29-13-7-4-8-14-29/h5-6,9-12,15H,4,7-8,13-14,16H2,1-3H3,(H,26,31). The third-order valence-electron chi connectivity index (χ3n) is 5.81. The van der Waals surface area contributed by atoms with Crippen LogP contribution in [0.15, 0.2) is 47.6 Å². The van der Waals surface area contributed by atoms with E-state index in [9.17, 15) is 9.59 Å². The highest BCUT2D eigenvalue weighted by molar-refractivity contribution is 7.99. The van der Waals surface area contributed by atoms with E-state index in [2.05, 4.69) is 33.7 Å². The third-order valence-corrected chi connectivity index (χ3v) is 6.74. The lowest BCUT2D eigenvalue weighted by molar-refractivity contribution is -0.113. The summed E-state index contributed by atoms with van der Waals surface area (Å²) in [5.41, 5.74) is 4.35. The fourth-order valence-corrected chi connectivity index (χ4v) is 4.83. The number of benzene rings is 2. The van der Waals surface area contributed by atoms with E-state index in [1.165, 1.54) is 11.8 Å². The zero-order chi connectivity index (χ0) is 23.4. The number of para-hydroxylation sites is 1. The molecule has 2 aromatic carbocycles. The summed E-state index contributed by atoms with van der Waals surface area (Å²) < 4.78 is 1.98. The van der Waals surface area contributed by atoms with Crippen LogP contribution in [-0.2, 0) is 4.79 Å². The van der Waals surface area contributed by atoms with Gasteiger partial charge in [-0.3, -0.25) is 14.2 Å². The first-order valence-corrected chi connectivity index (χ1v) is 12.2. The summed E-state index contributed by atoms with van der Waals surface area (Å²) in [4.78, 5) is 27.7. The Labute approximate surface area is 198 Å². The number of hydrogen-bond acceptors (Lipinski definition) is 5. The monoisotopic (exact) mass is 463 g/mol. The Kier molecular flexibility index (Phi) is 7.13. The van der Waals surface area contributed by atoms with Crippen molar-refractivity contribution in [2.75, 3.05) is 24.2 Å². The Bertz CT molecular complexity index is 1170. The van der Waals surface area contributed by atoms with Gasteiger partial charge < -0.3 is 10.2 Å². The first-order valence-electron chi connectivity index (χ1n) is 11.2. The van der Waals surface area contributed by atoms with E-state index in [4.69, 9.17) is 0 Å². The predicted molar refractivity (Wildman–Crippen MR) is 131 cm³/mol. The summed E-state index contributed by atoms with van der Waals surface area (Å²) >= 11 is 1.33. The van der Waals surface area contributed by atoms with E-state index in [1.54, 1.807) is 12.1 Å². The van der Waals surface area contributed by atoms with E-state index < -0.39 is 0 Å². The molecule has 0 saturated carbocycles. The van der Waals surface area contributed by atoms with Crippen molar-refractivity contribution in [3.8, 4) is 5.69 Å². The van der Waals surface area contributed by atoms with E-state index in [-0.39, 0.29) is 17.6 Å². The Morgan fingerprint density at radius 2 is 1.76 bits per heavy atom. The summed E-state index contributed by atoms with van der Waals surface area (Å²) in [6, 6.07) is 13.5. The van der Waals surface area contributed by atoms with Gasteiger partial charge >= 0.3 is 0 Å². The Balaban J connectivity index is 1.46. The van der Waals surface area contributed by atoms with Crippen molar-refractivity contribution in [3.63, 3.8) is 0 Å². The molecule has 1 aromatic heterocycles. The molecule has 2 amide bonds. The Morgan fingerprint density at radius 3 is 2.55 bits per heavy atom. The van der Waals surface area contributed by atoms with Gasteiger partial charge in [-0.15, -0.1) is 10.2 Å². The van der Waals surface area contributed by atoms with Gasteiger partial charge in [0.2, 0.25) is 5.91 Å². The normalized spacial score (nSPS) is 13.7. The van der Waals surface area contributed by atoms with Crippen molar-refractivity contribution in [2.24, 2.45) is 0 Å².